The van der Waals surface area contributed by atoms with Gasteiger partial charge in [-0.25, -0.2) is 0 Å². The number of benzene rings is 1. The number of hydrogen-bond donors (Lipinski definition) is 1. The number of aliphatic hydroxyl groups excluding tert-OH is 1. The Hall–Kier alpha value is -1.15. The van der Waals surface area contributed by atoms with Crippen LogP contribution in [0.4, 0.5) is 0 Å². The number of Topliss-reactive ketones (excluding diaryl/α,β-unsaturated/α-hetero) is 1. The van der Waals surface area contributed by atoms with E-state index in [1.54, 1.807) is 0 Å². The molecule has 0 radical (unpaired) electrons. The van der Waals surface area contributed by atoms with Gasteiger partial charge in [-0.05, 0) is 42.4 Å². The number of carbonyl (C=O) groups is 1. The largest absolute Gasteiger partial charge is 0.392 e. The zero-order valence-corrected chi connectivity index (χ0v) is 13.3. The molecular formula is C19H26O2. The summed E-state index contributed by atoms with van der Waals surface area (Å²) in [5, 5.41) is 10.8. The fourth-order valence-electron chi connectivity index (χ4n) is 4.67. The van der Waals surface area contributed by atoms with E-state index in [-0.39, 0.29) is 17.6 Å². The average Bonchev–Trinajstić information content (AvgIpc) is 2.53. The van der Waals surface area contributed by atoms with Crippen molar-refractivity contribution in [2.45, 2.75) is 46.1 Å². The predicted octanol–water partition coefficient (Wildman–Crippen LogP) is 3.94. The van der Waals surface area contributed by atoms with E-state index in [0.717, 1.165) is 12.3 Å². The topological polar surface area (TPSA) is 37.3 Å². The summed E-state index contributed by atoms with van der Waals surface area (Å²) in [5.41, 5.74) is 1.06. The van der Waals surface area contributed by atoms with Gasteiger partial charge in [0.25, 0.3) is 0 Å². The molecule has 5 unspecified atom stereocenters. The van der Waals surface area contributed by atoms with Crippen LogP contribution in [0.2, 0.25) is 0 Å². The number of fused-ring (bicyclic) bond motifs is 2. The Morgan fingerprint density at radius 2 is 1.90 bits per heavy atom. The van der Waals surface area contributed by atoms with Gasteiger partial charge in [-0.1, -0.05) is 51.1 Å². The van der Waals surface area contributed by atoms with Crippen molar-refractivity contribution in [1.82, 2.24) is 0 Å². The van der Waals surface area contributed by atoms with Crippen LogP contribution in [0.1, 0.15) is 50.4 Å². The summed E-state index contributed by atoms with van der Waals surface area (Å²) >= 11 is 0. The van der Waals surface area contributed by atoms with Gasteiger partial charge in [-0.3, -0.25) is 4.79 Å². The number of aliphatic hydroxyl groups is 1. The minimum Gasteiger partial charge on any atom is -0.392 e. The monoisotopic (exact) mass is 286 g/mol. The molecule has 21 heavy (non-hydrogen) atoms. The molecule has 0 aromatic heterocycles. The molecule has 2 heteroatoms. The van der Waals surface area contributed by atoms with E-state index in [1.807, 2.05) is 37.3 Å². The quantitative estimate of drug-likeness (QED) is 0.851. The highest BCUT2D eigenvalue weighted by molar-refractivity contribution is 5.97. The molecule has 3 aliphatic rings. The molecule has 114 valence electrons. The van der Waals surface area contributed by atoms with Crippen LogP contribution in [0.5, 0.6) is 0 Å². The first kappa shape index (κ1) is 14.8. The second-order valence-corrected chi connectivity index (χ2v) is 7.61. The Morgan fingerprint density at radius 1 is 1.24 bits per heavy atom. The first-order valence-corrected chi connectivity index (χ1v) is 8.20. The van der Waals surface area contributed by atoms with Crippen molar-refractivity contribution in [3.05, 3.63) is 35.9 Å². The van der Waals surface area contributed by atoms with Crippen molar-refractivity contribution in [2.75, 3.05) is 0 Å². The fourth-order valence-corrected chi connectivity index (χ4v) is 4.67. The van der Waals surface area contributed by atoms with E-state index in [4.69, 9.17) is 0 Å². The van der Waals surface area contributed by atoms with Crippen molar-refractivity contribution >= 4 is 5.78 Å². The van der Waals surface area contributed by atoms with Crippen LogP contribution in [-0.4, -0.2) is 17.0 Å². The lowest BCUT2D eigenvalue weighted by molar-refractivity contribution is -0.142. The minimum absolute atomic E-state index is 0.0716. The lowest BCUT2D eigenvalue weighted by Crippen LogP contribution is -2.56. The molecule has 0 heterocycles. The molecule has 5 atom stereocenters. The van der Waals surface area contributed by atoms with Crippen LogP contribution in [0, 0.1) is 29.1 Å². The SMILES string of the molecule is CC(C(=O)c1ccccc1)C(O)C1CCC2CC1C2(C)C. The van der Waals surface area contributed by atoms with Gasteiger partial charge in [0.2, 0.25) is 0 Å². The Bertz CT molecular complexity index is 518. The maximum absolute atomic E-state index is 12.5. The lowest BCUT2D eigenvalue weighted by atomic mass is 9.44. The van der Waals surface area contributed by atoms with Crippen molar-refractivity contribution in [1.29, 1.82) is 0 Å². The molecular weight excluding hydrogens is 260 g/mol. The fraction of sp³-hybridized carbons (Fsp3) is 0.632. The van der Waals surface area contributed by atoms with Crippen LogP contribution >= 0.6 is 0 Å². The highest BCUT2D eigenvalue weighted by Gasteiger charge is 2.56. The predicted molar refractivity (Wildman–Crippen MR) is 84.0 cm³/mol. The number of ketones is 1. The van der Waals surface area contributed by atoms with Gasteiger partial charge < -0.3 is 5.11 Å². The Morgan fingerprint density at radius 3 is 2.48 bits per heavy atom. The van der Waals surface area contributed by atoms with Crippen LogP contribution < -0.4 is 0 Å². The third-order valence-corrected chi connectivity index (χ3v) is 6.33. The second kappa shape index (κ2) is 5.24. The van der Waals surface area contributed by atoms with Gasteiger partial charge in [0.1, 0.15) is 0 Å². The Balaban J connectivity index is 1.73. The molecule has 1 aromatic carbocycles. The third kappa shape index (κ3) is 2.34. The molecule has 0 saturated heterocycles. The van der Waals surface area contributed by atoms with Crippen molar-refractivity contribution in [2.24, 2.45) is 29.1 Å². The summed E-state index contributed by atoms with van der Waals surface area (Å²) in [6.45, 7) is 6.54. The van der Waals surface area contributed by atoms with Gasteiger partial charge >= 0.3 is 0 Å². The highest BCUT2D eigenvalue weighted by Crippen LogP contribution is 2.62. The van der Waals surface area contributed by atoms with Crippen LogP contribution in [0.15, 0.2) is 30.3 Å². The van der Waals surface area contributed by atoms with E-state index in [9.17, 15) is 9.90 Å². The molecule has 0 aliphatic heterocycles. The zero-order valence-electron chi connectivity index (χ0n) is 13.3. The molecule has 0 spiro atoms. The summed E-state index contributed by atoms with van der Waals surface area (Å²) in [6, 6.07) is 9.36. The summed E-state index contributed by atoms with van der Waals surface area (Å²) in [6.07, 6.45) is 3.01. The maximum Gasteiger partial charge on any atom is 0.168 e. The number of rotatable bonds is 4. The van der Waals surface area contributed by atoms with E-state index >= 15 is 0 Å². The van der Waals surface area contributed by atoms with Gasteiger partial charge in [-0.2, -0.15) is 0 Å². The van der Waals surface area contributed by atoms with Gasteiger partial charge in [0.15, 0.2) is 5.78 Å². The van der Waals surface area contributed by atoms with Gasteiger partial charge in [0.05, 0.1) is 6.10 Å². The van der Waals surface area contributed by atoms with Gasteiger partial charge in [0, 0.05) is 11.5 Å². The molecule has 3 fully saturated rings. The molecule has 3 aliphatic carbocycles. The minimum atomic E-state index is -0.511. The summed E-state index contributed by atoms with van der Waals surface area (Å²) in [7, 11) is 0. The van der Waals surface area contributed by atoms with Gasteiger partial charge in [-0.15, -0.1) is 0 Å². The summed E-state index contributed by atoms with van der Waals surface area (Å²) in [4.78, 5) is 12.5. The Labute approximate surface area is 127 Å². The van der Waals surface area contributed by atoms with E-state index in [0.29, 0.717) is 16.9 Å². The average molecular weight is 286 g/mol. The maximum atomic E-state index is 12.5. The normalized spacial score (nSPS) is 32.9. The highest BCUT2D eigenvalue weighted by atomic mass is 16.3. The van der Waals surface area contributed by atoms with Crippen LogP contribution in [0.3, 0.4) is 0 Å². The third-order valence-electron chi connectivity index (χ3n) is 6.33. The molecule has 4 rings (SSSR count). The first-order chi connectivity index (χ1) is 9.93. The first-order valence-electron chi connectivity index (χ1n) is 8.20. The Kier molecular flexibility index (Phi) is 3.69. The van der Waals surface area contributed by atoms with Crippen LogP contribution in [0.25, 0.3) is 0 Å². The molecule has 2 nitrogen and oxygen atoms in total. The van der Waals surface area contributed by atoms with Crippen molar-refractivity contribution in [3.8, 4) is 0 Å². The molecule has 2 bridgehead atoms. The molecule has 3 saturated carbocycles. The molecule has 1 N–H and O–H groups in total. The molecule has 1 aromatic rings. The van der Waals surface area contributed by atoms with E-state index in [2.05, 4.69) is 13.8 Å². The lowest BCUT2D eigenvalue weighted by Gasteiger charge is -2.61. The van der Waals surface area contributed by atoms with Crippen molar-refractivity contribution in [3.63, 3.8) is 0 Å². The number of hydrogen-bond acceptors (Lipinski definition) is 2. The molecule has 0 amide bonds. The standard InChI is InChI=1S/C19H26O2/c1-12(17(20)13-7-5-4-6-8-13)18(21)15-10-9-14-11-16(15)19(14,2)3/h4-8,12,14-16,18,21H,9-11H2,1-3H3. The number of carbonyl (C=O) groups excluding carboxylic acids is 1. The van der Waals surface area contributed by atoms with Crippen molar-refractivity contribution < 1.29 is 9.90 Å². The summed E-state index contributed by atoms with van der Waals surface area (Å²) < 4.78 is 0. The smallest absolute Gasteiger partial charge is 0.168 e. The zero-order chi connectivity index (χ0) is 15.2. The van der Waals surface area contributed by atoms with E-state index < -0.39 is 6.10 Å². The van der Waals surface area contributed by atoms with Crippen LogP contribution in [-0.2, 0) is 0 Å². The summed E-state index contributed by atoms with van der Waals surface area (Å²) in [5.74, 6) is 1.45. The van der Waals surface area contributed by atoms with E-state index in [1.165, 1.54) is 12.8 Å². The second-order valence-electron chi connectivity index (χ2n) is 7.61.